The van der Waals surface area contributed by atoms with E-state index in [-0.39, 0.29) is 21.1 Å². The largest absolute Gasteiger partial charge is 0.495 e. The summed E-state index contributed by atoms with van der Waals surface area (Å²) in [4.78, 5) is 26.2. The number of benzene rings is 2. The second-order valence-corrected chi connectivity index (χ2v) is 8.81. The minimum atomic E-state index is -1.10. The summed E-state index contributed by atoms with van der Waals surface area (Å²) in [5.74, 6) is 0.232. The van der Waals surface area contributed by atoms with E-state index in [1.165, 1.54) is 38.2 Å². The normalized spacial score (nSPS) is 10.7. The molecule has 200 valence electrons. The first-order chi connectivity index (χ1) is 18.2. The van der Waals surface area contributed by atoms with Gasteiger partial charge in [-0.1, -0.05) is 49.2 Å². The van der Waals surface area contributed by atoms with Gasteiger partial charge in [0.25, 0.3) is 0 Å². The Morgan fingerprint density at radius 3 is 2.05 bits per heavy atom. The van der Waals surface area contributed by atoms with E-state index in [9.17, 15) is 9.90 Å². The molecule has 11 heteroatoms. The summed E-state index contributed by atoms with van der Waals surface area (Å²) in [7, 11) is 2.95. The van der Waals surface area contributed by atoms with Crippen LogP contribution in [0.3, 0.4) is 0 Å². The van der Waals surface area contributed by atoms with Crippen molar-refractivity contribution in [2.45, 2.75) is 20.4 Å². The molecule has 0 saturated heterocycles. The predicted molar refractivity (Wildman–Crippen MR) is 150 cm³/mol. The number of halogens is 2. The van der Waals surface area contributed by atoms with Crippen LogP contribution in [-0.4, -0.2) is 58.2 Å². The van der Waals surface area contributed by atoms with Gasteiger partial charge in [-0.15, -0.1) is 0 Å². The van der Waals surface area contributed by atoms with Gasteiger partial charge in [0.15, 0.2) is 0 Å². The lowest BCUT2D eigenvalue weighted by molar-refractivity contribution is 0.0699. The van der Waals surface area contributed by atoms with E-state index in [2.05, 4.69) is 33.7 Å². The van der Waals surface area contributed by atoms with Gasteiger partial charge in [-0.2, -0.15) is 0 Å². The van der Waals surface area contributed by atoms with Crippen molar-refractivity contribution in [2.75, 3.05) is 33.0 Å². The van der Waals surface area contributed by atoms with Crippen LogP contribution >= 0.6 is 23.2 Å². The smallest absolute Gasteiger partial charge is 0.337 e. The van der Waals surface area contributed by atoms with Gasteiger partial charge in [0.1, 0.15) is 22.8 Å². The van der Waals surface area contributed by atoms with Crippen molar-refractivity contribution >= 4 is 46.0 Å². The molecule has 0 bridgehead atoms. The van der Waals surface area contributed by atoms with Crippen molar-refractivity contribution in [3.05, 3.63) is 70.1 Å². The van der Waals surface area contributed by atoms with Crippen LogP contribution < -0.4 is 15.2 Å². The number of carboxylic acids is 1. The molecule has 2 heterocycles. The molecule has 2 aromatic carbocycles. The monoisotopic (exact) mass is 557 g/mol. The SMILES string of the molecule is CCN(CC)Cc1ccc(N)nc1.COc1cc(OC)c(Cl)c(-c2ccc(C(=O)O)c3nccnc23)c1Cl. The summed E-state index contributed by atoms with van der Waals surface area (Å²) in [6, 6.07) is 8.48. The van der Waals surface area contributed by atoms with Gasteiger partial charge in [0, 0.05) is 42.3 Å². The van der Waals surface area contributed by atoms with Gasteiger partial charge in [0.05, 0.1) is 35.3 Å². The average molecular weight is 558 g/mol. The highest BCUT2D eigenvalue weighted by molar-refractivity contribution is 6.41. The van der Waals surface area contributed by atoms with Crippen LogP contribution in [0.1, 0.15) is 29.8 Å². The molecule has 0 fully saturated rings. The molecule has 9 nitrogen and oxygen atoms in total. The van der Waals surface area contributed by atoms with Crippen LogP contribution in [0.15, 0.2) is 48.9 Å². The van der Waals surface area contributed by atoms with Gasteiger partial charge in [-0.25, -0.2) is 9.78 Å². The first-order valence-electron chi connectivity index (χ1n) is 11.8. The Kier molecular flexibility index (Phi) is 10.1. The topological polar surface area (TPSA) is 124 Å². The van der Waals surface area contributed by atoms with E-state index in [1.54, 1.807) is 12.1 Å². The molecule has 4 rings (SSSR count). The van der Waals surface area contributed by atoms with E-state index in [1.807, 2.05) is 18.3 Å². The van der Waals surface area contributed by atoms with E-state index in [0.717, 1.165) is 19.6 Å². The van der Waals surface area contributed by atoms with Crippen LogP contribution in [0, 0.1) is 0 Å². The first-order valence-corrected chi connectivity index (χ1v) is 12.5. The molecule has 0 aliphatic heterocycles. The number of nitrogens with two attached hydrogens (primary N) is 1. The first kappa shape index (κ1) is 28.9. The molecule has 0 spiro atoms. The van der Waals surface area contributed by atoms with E-state index in [0.29, 0.717) is 34.0 Å². The van der Waals surface area contributed by atoms with E-state index < -0.39 is 5.97 Å². The number of hydrogen-bond acceptors (Lipinski definition) is 8. The zero-order valence-corrected chi connectivity index (χ0v) is 23.0. The predicted octanol–water partition coefficient (Wildman–Crippen LogP) is 5.82. The summed E-state index contributed by atoms with van der Waals surface area (Å²) >= 11 is 12.9. The number of anilines is 1. The van der Waals surface area contributed by atoms with Crippen LogP contribution in [0.25, 0.3) is 22.2 Å². The molecule has 0 aliphatic rings. The number of aromatic carboxylic acids is 1. The number of ether oxygens (including phenoxy) is 2. The van der Waals surface area contributed by atoms with Crippen molar-refractivity contribution in [2.24, 2.45) is 0 Å². The number of hydrogen-bond donors (Lipinski definition) is 2. The number of nitrogens with zero attached hydrogens (tertiary/aromatic N) is 4. The fourth-order valence-electron chi connectivity index (χ4n) is 3.79. The third-order valence-corrected chi connectivity index (χ3v) is 6.60. The number of carboxylic acid groups (broad SMARTS) is 1. The Balaban J connectivity index is 0.000000260. The van der Waals surface area contributed by atoms with Crippen molar-refractivity contribution in [3.8, 4) is 22.6 Å². The maximum absolute atomic E-state index is 11.4. The van der Waals surface area contributed by atoms with Crippen molar-refractivity contribution in [1.82, 2.24) is 19.9 Å². The molecule has 0 amide bonds. The molecule has 2 aromatic heterocycles. The van der Waals surface area contributed by atoms with Crippen LogP contribution in [-0.2, 0) is 6.54 Å². The van der Waals surface area contributed by atoms with Gasteiger partial charge in [-0.3, -0.25) is 14.9 Å². The van der Waals surface area contributed by atoms with Crippen molar-refractivity contribution in [3.63, 3.8) is 0 Å². The maximum Gasteiger partial charge on any atom is 0.337 e. The molecular weight excluding hydrogens is 529 g/mol. The Morgan fingerprint density at radius 2 is 1.55 bits per heavy atom. The quantitative estimate of drug-likeness (QED) is 0.275. The minimum Gasteiger partial charge on any atom is -0.495 e. The number of pyridine rings is 1. The Labute approximate surface area is 231 Å². The summed E-state index contributed by atoms with van der Waals surface area (Å²) in [6.45, 7) is 7.42. The average Bonchev–Trinajstić information content (AvgIpc) is 2.93. The molecule has 0 saturated carbocycles. The lowest BCUT2D eigenvalue weighted by atomic mass is 10.00. The zero-order valence-electron chi connectivity index (χ0n) is 21.5. The molecule has 0 atom stereocenters. The Morgan fingerprint density at radius 1 is 0.947 bits per heavy atom. The van der Waals surface area contributed by atoms with Gasteiger partial charge < -0.3 is 20.3 Å². The van der Waals surface area contributed by atoms with Crippen LogP contribution in [0.2, 0.25) is 10.0 Å². The highest BCUT2D eigenvalue weighted by atomic mass is 35.5. The Hall–Kier alpha value is -3.66. The number of aromatic nitrogens is 3. The molecular formula is C27H29Cl2N5O4. The molecule has 0 radical (unpaired) electrons. The highest BCUT2D eigenvalue weighted by Gasteiger charge is 2.22. The Bertz CT molecular complexity index is 1390. The van der Waals surface area contributed by atoms with Crippen LogP contribution in [0.5, 0.6) is 11.5 Å². The van der Waals surface area contributed by atoms with E-state index >= 15 is 0 Å². The standard InChI is InChI=1S/C17H12Cl2N2O4.C10H17N3/c1-24-10-7-11(25-2)14(19)12(13(10)18)8-3-4-9(17(22)23)16-15(8)20-5-6-21-16;1-3-13(4-2)8-9-5-6-10(11)12-7-9/h3-7H,1-2H3,(H,22,23);5-7H,3-4,8H2,1-2H3,(H2,11,12). The van der Waals surface area contributed by atoms with Gasteiger partial charge in [-0.05, 0) is 30.8 Å². The second kappa shape index (κ2) is 13.2. The van der Waals surface area contributed by atoms with Crippen molar-refractivity contribution in [1.29, 1.82) is 0 Å². The van der Waals surface area contributed by atoms with Gasteiger partial charge in [0.2, 0.25) is 0 Å². The molecule has 3 N–H and O–H groups in total. The highest BCUT2D eigenvalue weighted by Crippen LogP contribution is 2.47. The fourth-order valence-corrected chi connectivity index (χ4v) is 4.49. The summed E-state index contributed by atoms with van der Waals surface area (Å²) in [5, 5.41) is 9.89. The van der Waals surface area contributed by atoms with Crippen LogP contribution in [0.4, 0.5) is 5.82 Å². The number of fused-ring (bicyclic) bond motifs is 1. The summed E-state index contributed by atoms with van der Waals surface area (Å²) in [6.07, 6.45) is 4.73. The number of methoxy groups -OCH3 is 2. The van der Waals surface area contributed by atoms with E-state index in [4.69, 9.17) is 38.4 Å². The molecule has 4 aromatic rings. The fraction of sp³-hybridized carbons (Fsp3) is 0.259. The molecule has 0 aliphatic carbocycles. The molecule has 38 heavy (non-hydrogen) atoms. The third kappa shape index (κ3) is 6.42. The third-order valence-electron chi connectivity index (χ3n) is 5.85. The van der Waals surface area contributed by atoms with Gasteiger partial charge >= 0.3 is 5.97 Å². The summed E-state index contributed by atoms with van der Waals surface area (Å²) in [5.41, 5.74) is 8.31. The molecule has 0 unspecified atom stereocenters. The number of carbonyl (C=O) groups is 1. The number of nitrogen functional groups attached to an aromatic ring is 1. The summed E-state index contributed by atoms with van der Waals surface area (Å²) < 4.78 is 10.6. The lowest BCUT2D eigenvalue weighted by Crippen LogP contribution is -2.22. The van der Waals surface area contributed by atoms with Crippen molar-refractivity contribution < 1.29 is 19.4 Å². The maximum atomic E-state index is 11.4. The lowest BCUT2D eigenvalue weighted by Gasteiger charge is -2.17. The minimum absolute atomic E-state index is 0.0361. The zero-order chi connectivity index (χ0) is 27.8. The number of rotatable bonds is 8. The second-order valence-electron chi connectivity index (χ2n) is 8.06.